The SMILES string of the molecule is CC1(C(=O)O)CCCN1C(=O)c1cnccn1. The van der Waals surface area contributed by atoms with E-state index >= 15 is 0 Å². The molecule has 0 saturated carbocycles. The summed E-state index contributed by atoms with van der Waals surface area (Å²) in [5.41, 5.74) is -0.948. The van der Waals surface area contributed by atoms with Crippen LogP contribution in [0.5, 0.6) is 0 Å². The fourth-order valence-corrected chi connectivity index (χ4v) is 2.06. The fraction of sp³-hybridized carbons (Fsp3) is 0.455. The minimum Gasteiger partial charge on any atom is -0.480 e. The van der Waals surface area contributed by atoms with Crippen molar-refractivity contribution >= 4 is 11.9 Å². The van der Waals surface area contributed by atoms with E-state index in [4.69, 9.17) is 0 Å². The molecule has 0 aromatic carbocycles. The van der Waals surface area contributed by atoms with Crippen molar-refractivity contribution in [3.05, 3.63) is 24.3 Å². The van der Waals surface area contributed by atoms with E-state index in [1.165, 1.54) is 23.5 Å². The van der Waals surface area contributed by atoms with Crippen molar-refractivity contribution in [3.63, 3.8) is 0 Å². The predicted molar refractivity (Wildman–Crippen MR) is 58.3 cm³/mol. The van der Waals surface area contributed by atoms with Gasteiger partial charge in [-0.05, 0) is 19.8 Å². The van der Waals surface area contributed by atoms with Crippen LogP contribution in [0.15, 0.2) is 18.6 Å². The van der Waals surface area contributed by atoms with Crippen molar-refractivity contribution in [3.8, 4) is 0 Å². The molecule has 1 aliphatic heterocycles. The maximum atomic E-state index is 12.1. The lowest BCUT2D eigenvalue weighted by atomic mass is 9.99. The van der Waals surface area contributed by atoms with Gasteiger partial charge in [0.25, 0.3) is 5.91 Å². The van der Waals surface area contributed by atoms with Crippen LogP contribution in [-0.4, -0.2) is 43.9 Å². The van der Waals surface area contributed by atoms with Crippen LogP contribution in [0.25, 0.3) is 0 Å². The quantitative estimate of drug-likeness (QED) is 0.809. The van der Waals surface area contributed by atoms with Gasteiger partial charge in [-0.15, -0.1) is 0 Å². The van der Waals surface area contributed by atoms with E-state index in [0.717, 1.165) is 0 Å². The van der Waals surface area contributed by atoms with Crippen LogP contribution in [0.3, 0.4) is 0 Å². The monoisotopic (exact) mass is 235 g/mol. The van der Waals surface area contributed by atoms with E-state index in [2.05, 4.69) is 9.97 Å². The lowest BCUT2D eigenvalue weighted by molar-refractivity contribution is -0.147. The molecular formula is C11H13N3O3. The molecule has 6 nitrogen and oxygen atoms in total. The highest BCUT2D eigenvalue weighted by Crippen LogP contribution is 2.30. The molecule has 1 amide bonds. The normalized spacial score (nSPS) is 23.7. The zero-order chi connectivity index (χ0) is 12.5. The average Bonchev–Trinajstić information content (AvgIpc) is 2.73. The van der Waals surface area contributed by atoms with E-state index in [9.17, 15) is 14.7 Å². The van der Waals surface area contributed by atoms with E-state index in [0.29, 0.717) is 19.4 Å². The van der Waals surface area contributed by atoms with Crippen LogP contribution in [0.4, 0.5) is 0 Å². The molecule has 1 N–H and O–H groups in total. The van der Waals surface area contributed by atoms with Crippen LogP contribution in [0.2, 0.25) is 0 Å². The van der Waals surface area contributed by atoms with Crippen molar-refractivity contribution in [1.29, 1.82) is 0 Å². The Morgan fingerprint density at radius 2 is 2.24 bits per heavy atom. The summed E-state index contributed by atoms with van der Waals surface area (Å²) in [6, 6.07) is 0. The minimum atomic E-state index is -1.13. The lowest BCUT2D eigenvalue weighted by Crippen LogP contribution is -2.51. The third-order valence-electron chi connectivity index (χ3n) is 3.13. The van der Waals surface area contributed by atoms with Gasteiger partial charge >= 0.3 is 5.97 Å². The molecule has 1 unspecified atom stereocenters. The molecule has 1 atom stereocenters. The Kier molecular flexibility index (Phi) is 2.79. The number of carbonyl (C=O) groups excluding carboxylic acids is 1. The Labute approximate surface area is 98.3 Å². The third kappa shape index (κ3) is 1.86. The molecule has 0 bridgehead atoms. The van der Waals surface area contributed by atoms with E-state index in [1.54, 1.807) is 6.92 Å². The van der Waals surface area contributed by atoms with Gasteiger partial charge in [-0.3, -0.25) is 9.78 Å². The molecule has 2 heterocycles. The van der Waals surface area contributed by atoms with Crippen molar-refractivity contribution in [1.82, 2.24) is 14.9 Å². The molecular weight excluding hydrogens is 222 g/mol. The van der Waals surface area contributed by atoms with Crippen LogP contribution < -0.4 is 0 Å². The van der Waals surface area contributed by atoms with Crippen LogP contribution in [0, 0.1) is 0 Å². The predicted octanol–water partition coefficient (Wildman–Crippen LogP) is 0.556. The number of aliphatic carboxylic acids is 1. The second-order valence-corrected chi connectivity index (χ2v) is 4.23. The Morgan fingerprint density at radius 3 is 2.82 bits per heavy atom. The summed E-state index contributed by atoms with van der Waals surface area (Å²) in [6.45, 7) is 2.01. The molecule has 6 heteroatoms. The van der Waals surface area contributed by atoms with Gasteiger partial charge in [0.1, 0.15) is 11.2 Å². The summed E-state index contributed by atoms with van der Waals surface area (Å²) >= 11 is 0. The summed E-state index contributed by atoms with van der Waals surface area (Å²) in [5.74, 6) is -1.35. The summed E-state index contributed by atoms with van der Waals surface area (Å²) in [4.78, 5) is 32.4. The smallest absolute Gasteiger partial charge is 0.329 e. The Balaban J connectivity index is 2.29. The molecule has 1 fully saturated rings. The molecule has 0 spiro atoms. The Morgan fingerprint density at radius 1 is 1.47 bits per heavy atom. The zero-order valence-corrected chi connectivity index (χ0v) is 9.46. The maximum absolute atomic E-state index is 12.1. The first kappa shape index (κ1) is 11.5. The van der Waals surface area contributed by atoms with Crippen molar-refractivity contribution in [2.24, 2.45) is 0 Å². The number of carbonyl (C=O) groups is 2. The number of rotatable bonds is 2. The highest BCUT2D eigenvalue weighted by molar-refractivity contribution is 5.96. The van der Waals surface area contributed by atoms with Gasteiger partial charge in [0, 0.05) is 18.9 Å². The van der Waals surface area contributed by atoms with Crippen LogP contribution in [0.1, 0.15) is 30.3 Å². The molecule has 17 heavy (non-hydrogen) atoms. The number of hydrogen-bond donors (Lipinski definition) is 1. The van der Waals surface area contributed by atoms with Gasteiger partial charge in [-0.25, -0.2) is 9.78 Å². The first-order chi connectivity index (χ1) is 8.05. The fourth-order valence-electron chi connectivity index (χ4n) is 2.06. The number of aromatic nitrogens is 2. The van der Waals surface area contributed by atoms with E-state index < -0.39 is 11.5 Å². The first-order valence-electron chi connectivity index (χ1n) is 5.37. The van der Waals surface area contributed by atoms with Gasteiger partial charge in [0.2, 0.25) is 0 Å². The van der Waals surface area contributed by atoms with E-state index in [-0.39, 0.29) is 11.6 Å². The number of hydrogen-bond acceptors (Lipinski definition) is 4. The summed E-state index contributed by atoms with van der Waals surface area (Å²) < 4.78 is 0. The number of carboxylic acid groups (broad SMARTS) is 1. The van der Waals surface area contributed by atoms with Gasteiger partial charge < -0.3 is 10.0 Å². The first-order valence-corrected chi connectivity index (χ1v) is 5.37. The molecule has 1 aromatic heterocycles. The molecule has 2 rings (SSSR count). The van der Waals surface area contributed by atoms with Crippen LogP contribution >= 0.6 is 0 Å². The number of amides is 1. The highest BCUT2D eigenvalue weighted by Gasteiger charge is 2.46. The van der Waals surface area contributed by atoms with Crippen molar-refractivity contribution < 1.29 is 14.7 Å². The lowest BCUT2D eigenvalue weighted by Gasteiger charge is -2.30. The Bertz CT molecular complexity index is 449. The Hall–Kier alpha value is -1.98. The zero-order valence-electron chi connectivity index (χ0n) is 9.46. The second-order valence-electron chi connectivity index (χ2n) is 4.23. The van der Waals surface area contributed by atoms with Crippen molar-refractivity contribution in [2.45, 2.75) is 25.3 Å². The molecule has 1 saturated heterocycles. The molecule has 0 radical (unpaired) electrons. The van der Waals surface area contributed by atoms with Gasteiger partial charge in [-0.2, -0.15) is 0 Å². The molecule has 90 valence electrons. The number of nitrogens with zero attached hydrogens (tertiary/aromatic N) is 3. The van der Waals surface area contributed by atoms with Gasteiger partial charge in [-0.1, -0.05) is 0 Å². The standard InChI is InChI=1S/C11H13N3O3/c1-11(10(16)17)3-2-6-14(11)9(15)8-7-12-4-5-13-8/h4-5,7H,2-3,6H2,1H3,(H,16,17). The molecule has 0 aliphatic carbocycles. The second kappa shape index (κ2) is 4.12. The number of likely N-dealkylation sites (tertiary alicyclic amines) is 1. The topological polar surface area (TPSA) is 83.4 Å². The van der Waals surface area contributed by atoms with Crippen LogP contribution in [-0.2, 0) is 4.79 Å². The van der Waals surface area contributed by atoms with Gasteiger partial charge in [0.15, 0.2) is 0 Å². The minimum absolute atomic E-state index is 0.182. The summed E-state index contributed by atoms with van der Waals surface area (Å²) in [5, 5.41) is 9.21. The summed E-state index contributed by atoms with van der Waals surface area (Å²) in [6.07, 6.45) is 5.39. The molecule has 1 aromatic rings. The highest BCUT2D eigenvalue weighted by atomic mass is 16.4. The largest absolute Gasteiger partial charge is 0.480 e. The maximum Gasteiger partial charge on any atom is 0.329 e. The number of carboxylic acids is 1. The van der Waals surface area contributed by atoms with Crippen molar-refractivity contribution in [2.75, 3.05) is 6.54 Å². The average molecular weight is 235 g/mol. The third-order valence-corrected chi connectivity index (χ3v) is 3.13. The molecule has 1 aliphatic rings. The summed E-state index contributed by atoms with van der Waals surface area (Å²) in [7, 11) is 0. The van der Waals surface area contributed by atoms with E-state index in [1.807, 2.05) is 0 Å². The van der Waals surface area contributed by atoms with Gasteiger partial charge in [0.05, 0.1) is 6.20 Å².